The minimum atomic E-state index is -0.420. The van der Waals surface area contributed by atoms with E-state index in [0.717, 1.165) is 31.2 Å². The molecule has 0 heterocycles. The lowest BCUT2D eigenvalue weighted by Gasteiger charge is -2.22. The standard InChI is InChI=1S/C16H22N2O3/c1-11-5-6-12(15(20)21-2)9-13(11)18-14(19)10-16(17)7-3-4-8-16/h5-6,9H,3-4,7-8,10,17H2,1-2H3,(H,18,19). The highest BCUT2D eigenvalue weighted by Gasteiger charge is 2.31. The molecule has 0 aromatic heterocycles. The number of hydrogen-bond donors (Lipinski definition) is 2. The predicted molar refractivity (Wildman–Crippen MR) is 81.2 cm³/mol. The summed E-state index contributed by atoms with van der Waals surface area (Å²) in [7, 11) is 1.33. The number of carbonyl (C=O) groups is 2. The molecule has 5 nitrogen and oxygen atoms in total. The third-order valence-corrected chi connectivity index (χ3v) is 4.04. The summed E-state index contributed by atoms with van der Waals surface area (Å²) in [5, 5.41) is 2.85. The van der Waals surface area contributed by atoms with E-state index in [4.69, 9.17) is 5.73 Å². The number of methoxy groups -OCH3 is 1. The molecule has 0 bridgehead atoms. The number of aryl methyl sites for hydroxylation is 1. The molecule has 0 aliphatic heterocycles. The van der Waals surface area contributed by atoms with E-state index in [1.807, 2.05) is 6.92 Å². The fourth-order valence-electron chi connectivity index (χ4n) is 2.77. The zero-order chi connectivity index (χ0) is 15.5. The molecule has 0 unspecified atom stereocenters. The highest BCUT2D eigenvalue weighted by atomic mass is 16.5. The van der Waals surface area contributed by atoms with Crippen LogP contribution in [0.3, 0.4) is 0 Å². The van der Waals surface area contributed by atoms with Crippen molar-refractivity contribution in [2.24, 2.45) is 5.73 Å². The molecule has 0 radical (unpaired) electrons. The van der Waals surface area contributed by atoms with Crippen molar-refractivity contribution < 1.29 is 14.3 Å². The number of anilines is 1. The Bertz CT molecular complexity index is 548. The lowest BCUT2D eigenvalue weighted by atomic mass is 9.94. The first-order chi connectivity index (χ1) is 9.93. The molecule has 0 saturated heterocycles. The number of benzene rings is 1. The first kappa shape index (κ1) is 15.5. The SMILES string of the molecule is COC(=O)c1ccc(C)c(NC(=O)CC2(N)CCCC2)c1. The molecule has 1 aromatic rings. The van der Waals surface area contributed by atoms with Crippen LogP contribution in [-0.4, -0.2) is 24.5 Å². The van der Waals surface area contributed by atoms with Gasteiger partial charge in [-0.3, -0.25) is 4.79 Å². The summed E-state index contributed by atoms with van der Waals surface area (Å²) in [6, 6.07) is 5.10. The quantitative estimate of drug-likeness (QED) is 0.834. The first-order valence-electron chi connectivity index (χ1n) is 7.21. The van der Waals surface area contributed by atoms with Crippen molar-refractivity contribution in [1.29, 1.82) is 0 Å². The van der Waals surface area contributed by atoms with Crippen LogP contribution < -0.4 is 11.1 Å². The van der Waals surface area contributed by atoms with E-state index < -0.39 is 5.97 Å². The fourth-order valence-corrected chi connectivity index (χ4v) is 2.77. The van der Waals surface area contributed by atoms with E-state index in [-0.39, 0.29) is 11.4 Å². The third kappa shape index (κ3) is 3.82. The van der Waals surface area contributed by atoms with Gasteiger partial charge in [0.25, 0.3) is 0 Å². The van der Waals surface area contributed by atoms with Crippen molar-refractivity contribution in [3.63, 3.8) is 0 Å². The van der Waals surface area contributed by atoms with Gasteiger partial charge in [-0.2, -0.15) is 0 Å². The van der Waals surface area contributed by atoms with E-state index >= 15 is 0 Å². The first-order valence-corrected chi connectivity index (χ1v) is 7.21. The van der Waals surface area contributed by atoms with Crippen molar-refractivity contribution in [3.8, 4) is 0 Å². The minimum Gasteiger partial charge on any atom is -0.465 e. The molecule has 1 fully saturated rings. The number of amides is 1. The number of nitrogens with one attached hydrogen (secondary N) is 1. The molecular weight excluding hydrogens is 268 g/mol. The second-order valence-electron chi connectivity index (χ2n) is 5.82. The van der Waals surface area contributed by atoms with Gasteiger partial charge in [-0.05, 0) is 37.5 Å². The van der Waals surface area contributed by atoms with Crippen LogP contribution in [0.25, 0.3) is 0 Å². The minimum absolute atomic E-state index is 0.107. The van der Waals surface area contributed by atoms with Gasteiger partial charge in [-0.1, -0.05) is 18.9 Å². The average Bonchev–Trinajstić information content (AvgIpc) is 2.86. The zero-order valence-corrected chi connectivity index (χ0v) is 12.6. The van der Waals surface area contributed by atoms with E-state index in [1.54, 1.807) is 18.2 Å². The summed E-state index contributed by atoms with van der Waals surface area (Å²) in [4.78, 5) is 23.7. The zero-order valence-electron chi connectivity index (χ0n) is 12.6. The van der Waals surface area contributed by atoms with Crippen LogP contribution >= 0.6 is 0 Å². The summed E-state index contributed by atoms with van der Waals surface area (Å²) in [5.41, 5.74) is 7.78. The van der Waals surface area contributed by atoms with E-state index in [1.165, 1.54) is 7.11 Å². The largest absolute Gasteiger partial charge is 0.465 e. The van der Waals surface area contributed by atoms with Crippen LogP contribution in [0.4, 0.5) is 5.69 Å². The summed E-state index contributed by atoms with van der Waals surface area (Å²) in [5.74, 6) is -0.527. The smallest absolute Gasteiger partial charge is 0.337 e. The normalized spacial score (nSPS) is 16.5. The van der Waals surface area contributed by atoms with Gasteiger partial charge < -0.3 is 15.8 Å². The number of hydrogen-bond acceptors (Lipinski definition) is 4. The molecule has 3 N–H and O–H groups in total. The maximum Gasteiger partial charge on any atom is 0.337 e. The maximum atomic E-state index is 12.2. The Balaban J connectivity index is 2.07. The molecule has 5 heteroatoms. The van der Waals surface area contributed by atoms with Gasteiger partial charge in [0, 0.05) is 17.6 Å². The van der Waals surface area contributed by atoms with E-state index in [9.17, 15) is 9.59 Å². The molecule has 1 saturated carbocycles. The Kier molecular flexibility index (Phi) is 4.63. The number of carbonyl (C=O) groups excluding carboxylic acids is 2. The molecule has 1 aliphatic carbocycles. The highest BCUT2D eigenvalue weighted by molar-refractivity contribution is 5.95. The molecule has 1 amide bonds. The van der Waals surface area contributed by atoms with Crippen molar-refractivity contribution in [2.45, 2.75) is 44.6 Å². The molecule has 0 atom stereocenters. The molecule has 2 rings (SSSR count). The number of esters is 1. The molecule has 1 aliphatic rings. The van der Waals surface area contributed by atoms with Crippen molar-refractivity contribution >= 4 is 17.6 Å². The van der Waals surface area contributed by atoms with Gasteiger partial charge in [0.15, 0.2) is 0 Å². The number of nitrogens with two attached hydrogens (primary N) is 1. The Morgan fingerprint density at radius 1 is 1.33 bits per heavy atom. The van der Waals surface area contributed by atoms with Gasteiger partial charge in [0.05, 0.1) is 12.7 Å². The predicted octanol–water partition coefficient (Wildman–Crippen LogP) is 2.38. The summed E-state index contributed by atoms with van der Waals surface area (Å²) in [6.07, 6.45) is 4.26. The van der Waals surface area contributed by atoms with Crippen molar-refractivity contribution in [1.82, 2.24) is 0 Å². The van der Waals surface area contributed by atoms with Crippen molar-refractivity contribution in [3.05, 3.63) is 29.3 Å². The maximum absolute atomic E-state index is 12.2. The van der Waals surface area contributed by atoms with Gasteiger partial charge in [-0.15, -0.1) is 0 Å². The van der Waals surface area contributed by atoms with E-state index in [0.29, 0.717) is 17.7 Å². The van der Waals surface area contributed by atoms with Gasteiger partial charge in [0.1, 0.15) is 0 Å². The van der Waals surface area contributed by atoms with Crippen LogP contribution in [-0.2, 0) is 9.53 Å². The topological polar surface area (TPSA) is 81.4 Å². The highest BCUT2D eigenvalue weighted by Crippen LogP contribution is 2.30. The Morgan fingerprint density at radius 2 is 2.00 bits per heavy atom. The Hall–Kier alpha value is -1.88. The molecule has 114 valence electrons. The van der Waals surface area contributed by atoms with Crippen LogP contribution in [0, 0.1) is 6.92 Å². The number of ether oxygens (including phenoxy) is 1. The van der Waals surface area contributed by atoms with Gasteiger partial charge in [-0.25, -0.2) is 4.79 Å². The summed E-state index contributed by atoms with van der Waals surface area (Å²) < 4.78 is 4.69. The lowest BCUT2D eigenvalue weighted by molar-refractivity contribution is -0.117. The lowest BCUT2D eigenvalue weighted by Crippen LogP contribution is -2.40. The van der Waals surface area contributed by atoms with Crippen LogP contribution in [0.15, 0.2) is 18.2 Å². The third-order valence-electron chi connectivity index (χ3n) is 4.04. The second kappa shape index (κ2) is 6.26. The Labute approximate surface area is 124 Å². The molecule has 0 spiro atoms. The summed E-state index contributed by atoms with van der Waals surface area (Å²) >= 11 is 0. The summed E-state index contributed by atoms with van der Waals surface area (Å²) in [6.45, 7) is 1.88. The van der Waals surface area contributed by atoms with Gasteiger partial charge in [0.2, 0.25) is 5.91 Å². The van der Waals surface area contributed by atoms with Crippen molar-refractivity contribution in [2.75, 3.05) is 12.4 Å². The number of rotatable bonds is 4. The monoisotopic (exact) mass is 290 g/mol. The molecule has 1 aromatic carbocycles. The fraction of sp³-hybridized carbons (Fsp3) is 0.500. The van der Waals surface area contributed by atoms with Crippen LogP contribution in [0.2, 0.25) is 0 Å². The van der Waals surface area contributed by atoms with Gasteiger partial charge >= 0.3 is 5.97 Å². The molecule has 21 heavy (non-hydrogen) atoms. The van der Waals surface area contributed by atoms with Crippen LogP contribution in [0.5, 0.6) is 0 Å². The average molecular weight is 290 g/mol. The second-order valence-corrected chi connectivity index (χ2v) is 5.82. The molecular formula is C16H22N2O3. The van der Waals surface area contributed by atoms with E-state index in [2.05, 4.69) is 10.1 Å². The van der Waals surface area contributed by atoms with Crippen LogP contribution in [0.1, 0.15) is 48.0 Å². The Morgan fingerprint density at radius 3 is 2.62 bits per heavy atom.